The standard InChI is InChI=1S/C17H16BrClN6/c18-11-3-4-13-12(7-11)17-21-15(9-23-5-1-2-6-23)22-25(17)8-14-16(19)20-10-24(13)14/h3-4,7,10H,1-2,5-6,8-9H2. The molecule has 0 saturated carbocycles. The van der Waals surface area contributed by atoms with E-state index in [1.54, 1.807) is 6.33 Å². The average molecular weight is 420 g/mol. The molecular weight excluding hydrogens is 404 g/mol. The van der Waals surface area contributed by atoms with Crippen molar-refractivity contribution in [2.45, 2.75) is 25.9 Å². The van der Waals surface area contributed by atoms with Gasteiger partial charge in [0.15, 0.2) is 16.8 Å². The number of halogens is 2. The maximum absolute atomic E-state index is 6.33. The number of hydrogen-bond donors (Lipinski definition) is 0. The third-order valence-corrected chi connectivity index (χ3v) is 5.66. The normalized spacial score (nSPS) is 16.4. The zero-order valence-electron chi connectivity index (χ0n) is 13.5. The van der Waals surface area contributed by atoms with Crippen LogP contribution in [0.5, 0.6) is 0 Å². The van der Waals surface area contributed by atoms with E-state index in [0.29, 0.717) is 11.7 Å². The highest BCUT2D eigenvalue weighted by Crippen LogP contribution is 2.34. The lowest BCUT2D eigenvalue weighted by Crippen LogP contribution is -2.19. The van der Waals surface area contributed by atoms with Gasteiger partial charge in [-0.05, 0) is 44.1 Å². The Kier molecular flexibility index (Phi) is 3.69. The number of benzene rings is 1. The predicted octanol–water partition coefficient (Wildman–Crippen LogP) is 3.50. The second-order valence-electron chi connectivity index (χ2n) is 6.51. The van der Waals surface area contributed by atoms with Crippen molar-refractivity contribution in [3.05, 3.63) is 45.7 Å². The van der Waals surface area contributed by atoms with Gasteiger partial charge in [-0.25, -0.2) is 14.6 Å². The Balaban J connectivity index is 1.65. The maximum Gasteiger partial charge on any atom is 0.165 e. The van der Waals surface area contributed by atoms with Gasteiger partial charge in [-0.1, -0.05) is 27.5 Å². The minimum absolute atomic E-state index is 0.512. The molecule has 3 aromatic rings. The summed E-state index contributed by atoms with van der Waals surface area (Å²) in [5, 5.41) is 5.28. The third-order valence-electron chi connectivity index (χ3n) is 4.85. The van der Waals surface area contributed by atoms with Crippen molar-refractivity contribution in [2.24, 2.45) is 0 Å². The molecule has 0 radical (unpaired) electrons. The lowest BCUT2D eigenvalue weighted by atomic mass is 10.1. The van der Waals surface area contributed by atoms with Crippen LogP contribution in [0.4, 0.5) is 0 Å². The number of aromatic nitrogens is 5. The summed E-state index contributed by atoms with van der Waals surface area (Å²) in [4.78, 5) is 11.5. The fourth-order valence-corrected chi connectivity index (χ4v) is 4.20. The van der Waals surface area contributed by atoms with Crippen molar-refractivity contribution in [2.75, 3.05) is 13.1 Å². The fourth-order valence-electron chi connectivity index (χ4n) is 3.65. The van der Waals surface area contributed by atoms with Crippen LogP contribution in [-0.2, 0) is 13.1 Å². The Morgan fingerprint density at radius 3 is 2.88 bits per heavy atom. The van der Waals surface area contributed by atoms with Crippen LogP contribution in [-0.4, -0.2) is 42.3 Å². The van der Waals surface area contributed by atoms with Gasteiger partial charge in [-0.15, -0.1) is 0 Å². The molecule has 128 valence electrons. The molecule has 2 aliphatic heterocycles. The van der Waals surface area contributed by atoms with Gasteiger partial charge in [0, 0.05) is 10.0 Å². The van der Waals surface area contributed by atoms with E-state index < -0.39 is 0 Å². The molecule has 5 rings (SSSR count). The number of rotatable bonds is 2. The Morgan fingerprint density at radius 1 is 1.20 bits per heavy atom. The number of fused-ring (bicyclic) bond motifs is 5. The summed E-state index contributed by atoms with van der Waals surface area (Å²) in [6.07, 6.45) is 4.29. The minimum atomic E-state index is 0.512. The van der Waals surface area contributed by atoms with E-state index in [9.17, 15) is 0 Å². The molecule has 8 heteroatoms. The molecule has 2 aromatic heterocycles. The first-order valence-electron chi connectivity index (χ1n) is 8.37. The number of likely N-dealkylation sites (tertiary alicyclic amines) is 1. The zero-order valence-corrected chi connectivity index (χ0v) is 15.8. The van der Waals surface area contributed by atoms with Crippen LogP contribution in [0.2, 0.25) is 5.15 Å². The molecule has 2 aliphatic rings. The van der Waals surface area contributed by atoms with Gasteiger partial charge >= 0.3 is 0 Å². The summed E-state index contributed by atoms with van der Waals surface area (Å²) in [5.74, 6) is 1.75. The van der Waals surface area contributed by atoms with Crippen molar-refractivity contribution in [3.63, 3.8) is 0 Å². The highest BCUT2D eigenvalue weighted by Gasteiger charge is 2.25. The monoisotopic (exact) mass is 418 g/mol. The van der Waals surface area contributed by atoms with E-state index in [0.717, 1.165) is 52.7 Å². The fraction of sp³-hybridized carbons (Fsp3) is 0.353. The second kappa shape index (κ2) is 5.93. The van der Waals surface area contributed by atoms with Crippen molar-refractivity contribution >= 4 is 27.5 Å². The summed E-state index contributed by atoms with van der Waals surface area (Å²) in [5.41, 5.74) is 2.99. The Morgan fingerprint density at radius 2 is 2.04 bits per heavy atom. The molecule has 6 nitrogen and oxygen atoms in total. The van der Waals surface area contributed by atoms with Crippen LogP contribution in [0.1, 0.15) is 24.4 Å². The number of imidazole rings is 1. The molecule has 0 atom stereocenters. The molecule has 0 N–H and O–H groups in total. The van der Waals surface area contributed by atoms with Crippen molar-refractivity contribution < 1.29 is 0 Å². The van der Waals surface area contributed by atoms with E-state index in [1.807, 2.05) is 15.3 Å². The van der Waals surface area contributed by atoms with E-state index >= 15 is 0 Å². The molecule has 1 fully saturated rings. The summed E-state index contributed by atoms with van der Waals surface area (Å²) in [6.45, 7) is 3.62. The molecule has 0 unspecified atom stereocenters. The van der Waals surface area contributed by atoms with Gasteiger partial charge in [0.25, 0.3) is 0 Å². The molecule has 0 spiro atoms. The molecule has 0 amide bonds. The summed E-state index contributed by atoms with van der Waals surface area (Å²) in [7, 11) is 0. The van der Waals surface area contributed by atoms with Crippen molar-refractivity contribution in [1.82, 2.24) is 29.2 Å². The average Bonchev–Trinajstić information content (AvgIpc) is 3.30. The van der Waals surface area contributed by atoms with Gasteiger partial charge in [-0.2, -0.15) is 5.10 Å². The van der Waals surface area contributed by atoms with Crippen LogP contribution >= 0.6 is 27.5 Å². The van der Waals surface area contributed by atoms with Gasteiger partial charge in [0.1, 0.15) is 6.33 Å². The summed E-state index contributed by atoms with van der Waals surface area (Å²) in [6, 6.07) is 6.16. The molecule has 0 bridgehead atoms. The van der Waals surface area contributed by atoms with Crippen LogP contribution in [0.3, 0.4) is 0 Å². The van der Waals surface area contributed by atoms with E-state index in [4.69, 9.17) is 21.7 Å². The van der Waals surface area contributed by atoms with E-state index in [2.05, 4.69) is 37.9 Å². The SMILES string of the molecule is Clc1ncn2c1Cn1nc(CN3CCCC3)nc1-c1cc(Br)ccc1-2. The van der Waals surface area contributed by atoms with E-state index in [-0.39, 0.29) is 0 Å². The molecule has 1 saturated heterocycles. The molecule has 0 aliphatic carbocycles. The van der Waals surface area contributed by atoms with Crippen molar-refractivity contribution in [1.29, 1.82) is 0 Å². The topological polar surface area (TPSA) is 51.8 Å². The highest BCUT2D eigenvalue weighted by atomic mass is 79.9. The van der Waals surface area contributed by atoms with Gasteiger partial charge < -0.3 is 0 Å². The first-order valence-corrected chi connectivity index (χ1v) is 9.54. The van der Waals surface area contributed by atoms with Crippen LogP contribution in [0.15, 0.2) is 29.0 Å². The van der Waals surface area contributed by atoms with Crippen LogP contribution in [0.25, 0.3) is 17.1 Å². The molecule has 1 aromatic carbocycles. The largest absolute Gasteiger partial charge is 0.299 e. The number of nitrogens with zero attached hydrogens (tertiary/aromatic N) is 6. The second-order valence-corrected chi connectivity index (χ2v) is 7.78. The molecule has 4 heterocycles. The lowest BCUT2D eigenvalue weighted by molar-refractivity contribution is 0.322. The third kappa shape index (κ3) is 2.61. The minimum Gasteiger partial charge on any atom is -0.299 e. The van der Waals surface area contributed by atoms with Gasteiger partial charge in [0.05, 0.1) is 24.5 Å². The van der Waals surface area contributed by atoms with Crippen LogP contribution < -0.4 is 0 Å². The first kappa shape index (κ1) is 15.5. The smallest absolute Gasteiger partial charge is 0.165 e. The zero-order chi connectivity index (χ0) is 17.0. The quantitative estimate of drug-likeness (QED) is 0.499. The Labute approximate surface area is 158 Å². The highest BCUT2D eigenvalue weighted by molar-refractivity contribution is 9.10. The van der Waals surface area contributed by atoms with Crippen molar-refractivity contribution in [3.8, 4) is 17.1 Å². The van der Waals surface area contributed by atoms with Gasteiger partial charge in [0.2, 0.25) is 0 Å². The summed E-state index contributed by atoms with van der Waals surface area (Å²) < 4.78 is 4.99. The van der Waals surface area contributed by atoms with Crippen LogP contribution in [0, 0.1) is 0 Å². The number of hydrogen-bond acceptors (Lipinski definition) is 4. The lowest BCUT2D eigenvalue weighted by Gasteiger charge is -2.11. The van der Waals surface area contributed by atoms with Gasteiger partial charge in [-0.3, -0.25) is 9.47 Å². The maximum atomic E-state index is 6.33. The summed E-state index contributed by atoms with van der Waals surface area (Å²) >= 11 is 9.90. The first-order chi connectivity index (χ1) is 12.2. The Hall–Kier alpha value is -1.70. The van der Waals surface area contributed by atoms with E-state index in [1.165, 1.54) is 12.8 Å². The predicted molar refractivity (Wildman–Crippen MR) is 98.9 cm³/mol. The Bertz CT molecular complexity index is 956. The molecule has 25 heavy (non-hydrogen) atoms. The molecular formula is C17H16BrClN6.